The Hall–Kier alpha value is -3.18. The number of ether oxygens (including phenoxy) is 1. The van der Waals surface area contributed by atoms with Gasteiger partial charge in [0.05, 0.1) is 12.1 Å². The summed E-state index contributed by atoms with van der Waals surface area (Å²) in [4.78, 5) is 12.2. The van der Waals surface area contributed by atoms with Crippen LogP contribution >= 0.6 is 0 Å². The number of nitrogens with one attached hydrogen (secondary N) is 1. The van der Waals surface area contributed by atoms with Gasteiger partial charge in [-0.15, -0.1) is 0 Å². The number of sulfonamides is 2. The predicted octanol–water partition coefficient (Wildman–Crippen LogP) is 6.85. The van der Waals surface area contributed by atoms with Gasteiger partial charge in [-0.25, -0.2) is 26.2 Å². The number of unbranched alkanes of at least 4 members (excludes halogenated alkanes) is 3. The normalized spacial score (nSPS) is 12.6. The first-order chi connectivity index (χ1) is 20.5. The van der Waals surface area contributed by atoms with Gasteiger partial charge in [0, 0.05) is 18.1 Å². The Morgan fingerprint density at radius 3 is 2.04 bits per heavy atom. The smallest absolute Gasteiger partial charge is 0.450 e. The lowest BCUT2D eigenvalue weighted by Gasteiger charge is -2.27. The molecule has 0 radical (unpaired) electrons. The molecular weight excluding hydrogens is 652 g/mol. The number of amides is 1. The Morgan fingerprint density at radius 1 is 0.933 bits per heavy atom. The van der Waals surface area contributed by atoms with Crippen LogP contribution in [0, 0.1) is 0 Å². The van der Waals surface area contributed by atoms with Gasteiger partial charge in [-0.3, -0.25) is 0 Å². The summed E-state index contributed by atoms with van der Waals surface area (Å²) >= 11 is 0. The lowest BCUT2D eigenvalue weighted by molar-refractivity contribution is -0.697. The van der Waals surface area contributed by atoms with Crippen molar-refractivity contribution >= 4 is 31.7 Å². The molecule has 0 bridgehead atoms. The number of rotatable bonds is 13. The van der Waals surface area contributed by atoms with E-state index in [1.54, 1.807) is 0 Å². The van der Waals surface area contributed by atoms with Crippen LogP contribution in [0.3, 0.4) is 0 Å². The maximum Gasteiger partial charge on any atom is 0.480 e. The zero-order valence-electron chi connectivity index (χ0n) is 25.2. The molecule has 0 aliphatic carbocycles. The van der Waals surface area contributed by atoms with Gasteiger partial charge in [0.2, 0.25) is 0 Å². The molecule has 9 nitrogen and oxygen atoms in total. The molecule has 1 aromatic carbocycles. The molecule has 45 heavy (non-hydrogen) atoms. The van der Waals surface area contributed by atoms with E-state index in [1.807, 2.05) is 39.0 Å². The van der Waals surface area contributed by atoms with Crippen molar-refractivity contribution in [2.24, 2.45) is 0 Å². The minimum atomic E-state index is -6.72. The van der Waals surface area contributed by atoms with Crippen molar-refractivity contribution in [1.29, 1.82) is 0 Å². The molecule has 0 saturated heterocycles. The number of hydrogen-bond acceptors (Lipinski definition) is 6. The van der Waals surface area contributed by atoms with Gasteiger partial charge in [0.25, 0.3) is 0 Å². The number of alkyl halides is 6. The number of aromatic nitrogens is 1. The van der Waals surface area contributed by atoms with Crippen LogP contribution < -0.4 is 9.88 Å². The average Bonchev–Trinajstić information content (AvgIpc) is 2.91. The summed E-state index contributed by atoms with van der Waals surface area (Å²) in [7, 11) is -13.4. The molecule has 1 N–H and O–H groups in total. The number of aryl methyl sites for hydroxylation is 2. The first kappa shape index (κ1) is 39.8. The summed E-state index contributed by atoms with van der Waals surface area (Å²) in [6, 6.07) is 12.4. The number of benzene rings is 1. The van der Waals surface area contributed by atoms with Gasteiger partial charge >= 0.3 is 17.1 Å². The molecule has 2 rings (SSSR count). The fourth-order valence-electron chi connectivity index (χ4n) is 3.59. The number of alkyl carbamates (subject to hydrolysis) is 1. The summed E-state index contributed by atoms with van der Waals surface area (Å²) in [5.74, 6) is 0. The van der Waals surface area contributed by atoms with E-state index in [0.29, 0.717) is 6.61 Å². The second-order valence-electron chi connectivity index (χ2n) is 10.4. The van der Waals surface area contributed by atoms with Gasteiger partial charge in [0.15, 0.2) is 32.4 Å². The highest BCUT2D eigenvalue weighted by Crippen LogP contribution is 2.36. The number of hydrogen-bond donors (Lipinski definition) is 1. The third kappa shape index (κ3) is 13.4. The molecule has 0 unspecified atom stereocenters. The number of halogens is 6. The average molecular weight is 690 g/mol. The molecule has 0 aliphatic heterocycles. The molecule has 254 valence electrons. The highest BCUT2D eigenvalue weighted by atomic mass is 32.3. The van der Waals surface area contributed by atoms with Gasteiger partial charge in [-0.1, -0.05) is 37.3 Å². The maximum absolute atomic E-state index is 12.2. The van der Waals surface area contributed by atoms with Crippen molar-refractivity contribution in [2.75, 3.05) is 6.61 Å². The van der Waals surface area contributed by atoms with E-state index in [-0.39, 0.29) is 6.09 Å². The zero-order valence-corrected chi connectivity index (χ0v) is 26.8. The Balaban J connectivity index is 0.000000570. The molecule has 0 fully saturated rings. The Labute approximate surface area is 259 Å². The van der Waals surface area contributed by atoms with Crippen LogP contribution in [-0.4, -0.2) is 40.6 Å². The lowest BCUT2D eigenvalue weighted by atomic mass is 9.92. The van der Waals surface area contributed by atoms with Crippen molar-refractivity contribution in [1.82, 2.24) is 5.32 Å². The van der Waals surface area contributed by atoms with Crippen LogP contribution in [0.4, 0.5) is 31.1 Å². The largest absolute Gasteiger partial charge is 0.480 e. The third-order valence-electron chi connectivity index (χ3n) is 6.14. The number of nitrogens with zero attached hydrogens (tertiary/aromatic N) is 2. The molecule has 2 aromatic rings. The van der Waals surface area contributed by atoms with Crippen molar-refractivity contribution < 1.29 is 57.3 Å². The molecule has 0 aliphatic rings. The minimum absolute atomic E-state index is 0.368. The standard InChI is InChI=1S/C26H36N2O2.C2F6NO4S2/c1-6-22-13-12-17-28(20-22)16-9-7-8-10-18-30-25(29)27-26(4,5)24-15-11-14-23(19-24)21(2)3;3-1(4,5)14(10,11)9-15(12,13)2(6,7)8/h11-15,17,19-20H,2,6-10,16,18H2,1,3-5H3;/q;-1/p+1. The van der Waals surface area contributed by atoms with Crippen molar-refractivity contribution in [2.45, 2.75) is 82.9 Å². The van der Waals surface area contributed by atoms with E-state index in [4.69, 9.17) is 4.74 Å². The van der Waals surface area contributed by atoms with E-state index < -0.39 is 36.6 Å². The molecule has 1 heterocycles. The molecule has 1 amide bonds. The first-order valence-corrected chi connectivity index (χ1v) is 16.5. The van der Waals surface area contributed by atoms with Gasteiger partial charge in [0.1, 0.15) is 6.54 Å². The summed E-state index contributed by atoms with van der Waals surface area (Å²) in [5.41, 5.74) is -8.43. The Kier molecular flexibility index (Phi) is 14.5. The first-order valence-electron chi connectivity index (χ1n) is 13.6. The summed E-state index contributed by atoms with van der Waals surface area (Å²) < 4.78 is 117. The van der Waals surface area contributed by atoms with E-state index in [2.05, 4.69) is 54.0 Å². The number of allylic oxidation sites excluding steroid dienone is 1. The second kappa shape index (κ2) is 16.4. The van der Waals surface area contributed by atoms with Crippen LogP contribution in [-0.2, 0) is 43.3 Å². The topological polar surface area (TPSA) is 125 Å². The van der Waals surface area contributed by atoms with Crippen LogP contribution in [0.2, 0.25) is 0 Å². The van der Waals surface area contributed by atoms with E-state index in [1.165, 1.54) is 5.56 Å². The molecule has 1 aromatic heterocycles. The van der Waals surface area contributed by atoms with E-state index >= 15 is 0 Å². The van der Waals surface area contributed by atoms with Crippen molar-refractivity contribution in [3.05, 3.63) is 76.2 Å². The van der Waals surface area contributed by atoms with Gasteiger partial charge in [-0.05, 0) is 69.7 Å². The minimum Gasteiger partial charge on any atom is -0.450 e. The molecule has 0 atom stereocenters. The highest BCUT2D eigenvalue weighted by molar-refractivity contribution is 8.13. The monoisotopic (exact) mass is 689 g/mol. The van der Waals surface area contributed by atoms with Gasteiger partial charge in [-0.2, -0.15) is 26.3 Å². The fourth-order valence-corrected chi connectivity index (χ4v) is 5.30. The lowest BCUT2D eigenvalue weighted by Crippen LogP contribution is -2.41. The fraction of sp³-hybridized carbons (Fsp3) is 0.500. The predicted molar refractivity (Wildman–Crippen MR) is 156 cm³/mol. The number of carbonyl (C=O) groups excluding carboxylic acids is 1. The zero-order chi connectivity index (χ0) is 34.7. The molecule has 0 spiro atoms. The number of carbonyl (C=O) groups is 1. The molecule has 17 heteroatoms. The van der Waals surface area contributed by atoms with E-state index in [0.717, 1.165) is 59.5 Å². The van der Waals surface area contributed by atoms with Gasteiger partial charge < -0.3 is 14.2 Å². The third-order valence-corrected chi connectivity index (χ3v) is 8.88. The van der Waals surface area contributed by atoms with Crippen LogP contribution in [0.15, 0.2) is 55.4 Å². The Morgan fingerprint density at radius 2 is 1.51 bits per heavy atom. The SMILES string of the molecule is C=C(C)c1cccc(C(C)(C)NC(=O)OCCCCCC[n+]2cccc(CC)c2)c1.O=S(=O)([N-]S(=O)(=O)C(F)(F)F)C(F)(F)F. The second-order valence-corrected chi connectivity index (χ2v) is 13.8. The van der Waals surface area contributed by atoms with E-state index in [9.17, 15) is 48.0 Å². The summed E-state index contributed by atoms with van der Waals surface area (Å²) in [5, 5.41) is 2.98. The highest BCUT2D eigenvalue weighted by Gasteiger charge is 2.47. The number of pyridine rings is 1. The maximum atomic E-state index is 12.2. The van der Waals surface area contributed by atoms with Crippen LogP contribution in [0.25, 0.3) is 9.70 Å². The van der Waals surface area contributed by atoms with Crippen LogP contribution in [0.1, 0.15) is 70.1 Å². The molecular formula is C28H37F6N3O6S2. The quantitative estimate of drug-likeness (QED) is 0.139. The molecule has 0 saturated carbocycles. The summed E-state index contributed by atoms with van der Waals surface area (Å²) in [6.07, 6.45) is 9.26. The van der Waals surface area contributed by atoms with Crippen LogP contribution in [0.5, 0.6) is 0 Å². The van der Waals surface area contributed by atoms with Crippen molar-refractivity contribution in [3.8, 4) is 0 Å². The summed E-state index contributed by atoms with van der Waals surface area (Å²) in [6.45, 7) is 13.6. The Bertz CT molecular complexity index is 1470. The van der Waals surface area contributed by atoms with Crippen molar-refractivity contribution in [3.63, 3.8) is 0 Å².